The topological polar surface area (TPSA) is 35.5 Å². The van der Waals surface area contributed by atoms with Crippen LogP contribution in [0.4, 0.5) is 0 Å². The maximum atomic E-state index is 12.3. The van der Waals surface area contributed by atoms with E-state index in [0.717, 1.165) is 19.3 Å². The molecule has 0 aromatic rings. The molecule has 0 saturated carbocycles. The molecule has 1 aliphatic rings. The average molecular weight is 242 g/mol. The molecule has 0 aromatic heterocycles. The van der Waals surface area contributed by atoms with Crippen LogP contribution in [-0.4, -0.2) is 18.9 Å². The fourth-order valence-corrected chi connectivity index (χ4v) is 2.30. The second-order valence-corrected chi connectivity index (χ2v) is 6.02. The maximum Gasteiger partial charge on any atom is 0.314 e. The smallest absolute Gasteiger partial charge is 0.314 e. The lowest BCUT2D eigenvalue weighted by molar-refractivity contribution is -0.184. The predicted octanol–water partition coefficient (Wildman–Crippen LogP) is 3.37. The Morgan fingerprint density at radius 3 is 2.47 bits per heavy atom. The number of carbonyl (C=O) groups is 1. The Balaban J connectivity index is 2.65. The van der Waals surface area contributed by atoms with Crippen LogP contribution in [0, 0.1) is 17.3 Å². The number of hydrogen-bond acceptors (Lipinski definition) is 3. The molecule has 1 saturated heterocycles. The van der Waals surface area contributed by atoms with Crippen molar-refractivity contribution < 1.29 is 14.3 Å². The molecule has 1 heterocycles. The minimum absolute atomic E-state index is 0.104. The summed E-state index contributed by atoms with van der Waals surface area (Å²) in [5.41, 5.74) is -0.403. The molecule has 1 fully saturated rings. The first-order valence-electron chi connectivity index (χ1n) is 6.69. The Morgan fingerprint density at radius 2 is 2.06 bits per heavy atom. The van der Waals surface area contributed by atoms with Gasteiger partial charge in [0.15, 0.2) is 0 Å². The van der Waals surface area contributed by atoms with E-state index in [9.17, 15) is 4.79 Å². The van der Waals surface area contributed by atoms with Crippen LogP contribution in [0.15, 0.2) is 0 Å². The van der Waals surface area contributed by atoms with Crippen LogP contribution in [-0.2, 0) is 14.3 Å². The highest BCUT2D eigenvalue weighted by Gasteiger charge is 2.40. The third-order valence-electron chi connectivity index (χ3n) is 3.70. The lowest BCUT2D eigenvalue weighted by Crippen LogP contribution is -2.38. The van der Waals surface area contributed by atoms with E-state index in [1.54, 1.807) is 0 Å². The van der Waals surface area contributed by atoms with Crippen molar-refractivity contribution in [1.82, 2.24) is 0 Å². The third-order valence-corrected chi connectivity index (χ3v) is 3.70. The zero-order valence-corrected chi connectivity index (χ0v) is 11.8. The summed E-state index contributed by atoms with van der Waals surface area (Å²) in [5, 5.41) is 0. The van der Waals surface area contributed by atoms with Gasteiger partial charge in [0.2, 0.25) is 6.29 Å². The molecule has 0 aliphatic carbocycles. The molecule has 0 radical (unpaired) electrons. The molecule has 0 amide bonds. The van der Waals surface area contributed by atoms with Gasteiger partial charge < -0.3 is 9.47 Å². The van der Waals surface area contributed by atoms with Crippen LogP contribution in [0.5, 0.6) is 0 Å². The Labute approximate surface area is 105 Å². The lowest BCUT2D eigenvalue weighted by atomic mass is 9.73. The fourth-order valence-electron chi connectivity index (χ4n) is 2.30. The number of carbonyl (C=O) groups excluding carboxylic acids is 1. The van der Waals surface area contributed by atoms with E-state index in [1.807, 2.05) is 6.92 Å². The van der Waals surface area contributed by atoms with Crippen LogP contribution in [0.3, 0.4) is 0 Å². The van der Waals surface area contributed by atoms with Crippen LogP contribution < -0.4 is 0 Å². The molecule has 1 rings (SSSR count). The van der Waals surface area contributed by atoms with Crippen LogP contribution >= 0.6 is 0 Å². The summed E-state index contributed by atoms with van der Waals surface area (Å²) in [6.07, 6.45) is 2.37. The standard InChI is InChI=1S/C14H26O3/c1-10(2)9-14(5,11(3)4)13(15)17-12-7-6-8-16-12/h10-12H,6-9H2,1-5H3. The Kier molecular flexibility index (Phi) is 4.99. The van der Waals surface area contributed by atoms with Crippen molar-refractivity contribution in [1.29, 1.82) is 0 Å². The first kappa shape index (κ1) is 14.5. The number of rotatable bonds is 5. The monoisotopic (exact) mass is 242 g/mol. The largest absolute Gasteiger partial charge is 0.435 e. The van der Waals surface area contributed by atoms with E-state index in [0.29, 0.717) is 12.5 Å². The van der Waals surface area contributed by atoms with Gasteiger partial charge in [-0.05, 0) is 31.6 Å². The second-order valence-electron chi connectivity index (χ2n) is 6.02. The molecule has 3 heteroatoms. The molecule has 1 aliphatic heterocycles. The Hall–Kier alpha value is -0.570. The van der Waals surface area contributed by atoms with Gasteiger partial charge in [0, 0.05) is 6.42 Å². The predicted molar refractivity (Wildman–Crippen MR) is 67.5 cm³/mol. The van der Waals surface area contributed by atoms with Gasteiger partial charge in [-0.1, -0.05) is 27.7 Å². The van der Waals surface area contributed by atoms with Gasteiger partial charge >= 0.3 is 5.97 Å². The third kappa shape index (κ3) is 3.70. The summed E-state index contributed by atoms with van der Waals surface area (Å²) in [4.78, 5) is 12.3. The van der Waals surface area contributed by atoms with E-state index >= 15 is 0 Å². The van der Waals surface area contributed by atoms with Gasteiger partial charge in [0.05, 0.1) is 12.0 Å². The van der Waals surface area contributed by atoms with Gasteiger partial charge in [-0.25, -0.2) is 0 Å². The summed E-state index contributed by atoms with van der Waals surface area (Å²) in [5.74, 6) is 0.659. The molecule has 0 N–H and O–H groups in total. The quantitative estimate of drug-likeness (QED) is 0.693. The van der Waals surface area contributed by atoms with Gasteiger partial charge in [0.25, 0.3) is 0 Å². The fraction of sp³-hybridized carbons (Fsp3) is 0.929. The molecule has 3 nitrogen and oxygen atoms in total. The molecule has 17 heavy (non-hydrogen) atoms. The van der Waals surface area contributed by atoms with E-state index in [2.05, 4.69) is 27.7 Å². The highest BCUT2D eigenvalue weighted by atomic mass is 16.7. The zero-order chi connectivity index (χ0) is 13.1. The highest BCUT2D eigenvalue weighted by Crippen LogP contribution is 2.36. The molecule has 0 bridgehead atoms. The van der Waals surface area contributed by atoms with Crippen molar-refractivity contribution in [3.63, 3.8) is 0 Å². The molecule has 0 spiro atoms. The van der Waals surface area contributed by atoms with Crippen molar-refractivity contribution >= 4 is 5.97 Å². The average Bonchev–Trinajstić information content (AvgIpc) is 2.68. The second kappa shape index (κ2) is 5.85. The SMILES string of the molecule is CC(C)CC(C)(C(=O)OC1CCCO1)C(C)C. The van der Waals surface area contributed by atoms with E-state index in [-0.39, 0.29) is 18.2 Å². The zero-order valence-electron chi connectivity index (χ0n) is 11.8. The van der Waals surface area contributed by atoms with Gasteiger partial charge in [-0.15, -0.1) is 0 Å². The van der Waals surface area contributed by atoms with Crippen LogP contribution in [0.25, 0.3) is 0 Å². The summed E-state index contributed by atoms with van der Waals surface area (Å²) >= 11 is 0. The minimum Gasteiger partial charge on any atom is -0.435 e. The van der Waals surface area contributed by atoms with Crippen LogP contribution in [0.1, 0.15) is 53.9 Å². The summed E-state index contributed by atoms with van der Waals surface area (Å²) in [6, 6.07) is 0. The van der Waals surface area contributed by atoms with Crippen molar-refractivity contribution in [2.24, 2.45) is 17.3 Å². The number of esters is 1. The van der Waals surface area contributed by atoms with E-state index in [1.165, 1.54) is 0 Å². The van der Waals surface area contributed by atoms with Crippen LogP contribution in [0.2, 0.25) is 0 Å². The number of hydrogen-bond donors (Lipinski definition) is 0. The molecule has 2 atom stereocenters. The van der Waals surface area contributed by atoms with Gasteiger partial charge in [-0.2, -0.15) is 0 Å². The Bertz CT molecular complexity index is 254. The van der Waals surface area contributed by atoms with Gasteiger partial charge in [0.1, 0.15) is 0 Å². The molecule has 2 unspecified atom stereocenters. The maximum absolute atomic E-state index is 12.3. The molecule has 0 aromatic carbocycles. The van der Waals surface area contributed by atoms with Crippen molar-refractivity contribution in [3.05, 3.63) is 0 Å². The number of ether oxygens (including phenoxy) is 2. The summed E-state index contributed by atoms with van der Waals surface area (Å²) in [7, 11) is 0. The van der Waals surface area contributed by atoms with E-state index in [4.69, 9.17) is 9.47 Å². The summed E-state index contributed by atoms with van der Waals surface area (Å²) < 4.78 is 10.8. The first-order valence-corrected chi connectivity index (χ1v) is 6.69. The molecular formula is C14H26O3. The van der Waals surface area contributed by atoms with Crippen molar-refractivity contribution in [3.8, 4) is 0 Å². The van der Waals surface area contributed by atoms with Gasteiger partial charge in [-0.3, -0.25) is 4.79 Å². The first-order chi connectivity index (χ1) is 7.86. The summed E-state index contributed by atoms with van der Waals surface area (Å²) in [6.45, 7) is 11.2. The lowest BCUT2D eigenvalue weighted by Gasteiger charge is -2.33. The molecular weight excluding hydrogens is 216 g/mol. The normalized spacial score (nSPS) is 24.1. The Morgan fingerprint density at radius 1 is 1.41 bits per heavy atom. The highest BCUT2D eigenvalue weighted by molar-refractivity contribution is 5.76. The van der Waals surface area contributed by atoms with E-state index < -0.39 is 5.41 Å². The minimum atomic E-state index is -0.403. The van der Waals surface area contributed by atoms with Crippen molar-refractivity contribution in [2.45, 2.75) is 60.2 Å². The molecule has 100 valence electrons. The van der Waals surface area contributed by atoms with Crippen molar-refractivity contribution in [2.75, 3.05) is 6.61 Å².